The van der Waals surface area contributed by atoms with Crippen molar-refractivity contribution >= 4 is 0 Å². The van der Waals surface area contributed by atoms with Gasteiger partial charge in [-0.1, -0.05) is 71.6 Å². The number of aliphatic hydroxyl groups is 2. The van der Waals surface area contributed by atoms with Gasteiger partial charge >= 0.3 is 0 Å². The van der Waals surface area contributed by atoms with Gasteiger partial charge in [-0.15, -0.1) is 0 Å². The highest BCUT2D eigenvalue weighted by Gasteiger charge is 2.12. The van der Waals surface area contributed by atoms with Gasteiger partial charge in [0.05, 0.1) is 12.2 Å². The molecule has 17 heavy (non-hydrogen) atoms. The fraction of sp³-hybridized carbons (Fsp3) is 1.00. The van der Waals surface area contributed by atoms with E-state index in [1.54, 1.807) is 0 Å². The highest BCUT2D eigenvalue weighted by molar-refractivity contribution is 4.65. The van der Waals surface area contributed by atoms with E-state index < -0.39 is 12.2 Å². The minimum Gasteiger partial charge on any atom is -0.390 e. The quantitative estimate of drug-likeness (QED) is 0.509. The van der Waals surface area contributed by atoms with Crippen LogP contribution in [0.1, 0.15) is 84.5 Å². The van der Waals surface area contributed by atoms with Gasteiger partial charge in [-0.2, -0.15) is 0 Å². The summed E-state index contributed by atoms with van der Waals surface area (Å²) in [7, 11) is 0. The van der Waals surface area contributed by atoms with Crippen LogP contribution >= 0.6 is 0 Å². The van der Waals surface area contributed by atoms with Crippen LogP contribution in [0.25, 0.3) is 0 Å². The summed E-state index contributed by atoms with van der Waals surface area (Å²) in [6.45, 7) is 4.15. The largest absolute Gasteiger partial charge is 0.390 e. The third-order valence-electron chi connectivity index (χ3n) is 3.47. The molecule has 0 spiro atoms. The Morgan fingerprint density at radius 2 is 1.12 bits per heavy atom. The number of unbranched alkanes of at least 4 members (excludes halogenated alkanes) is 8. The van der Waals surface area contributed by atoms with E-state index in [0.29, 0.717) is 6.42 Å². The molecule has 0 rings (SSSR count). The van der Waals surface area contributed by atoms with Crippen LogP contribution in [0.4, 0.5) is 0 Å². The van der Waals surface area contributed by atoms with Crippen molar-refractivity contribution in [3.63, 3.8) is 0 Å². The van der Waals surface area contributed by atoms with Crippen molar-refractivity contribution in [1.82, 2.24) is 0 Å². The maximum absolute atomic E-state index is 9.57. The molecule has 2 heteroatoms. The smallest absolute Gasteiger partial charge is 0.0799 e. The minimum absolute atomic E-state index is 0.510. The van der Waals surface area contributed by atoms with Gasteiger partial charge in [0.15, 0.2) is 0 Å². The third kappa shape index (κ3) is 10.8. The van der Waals surface area contributed by atoms with Crippen LogP contribution < -0.4 is 0 Å². The molecule has 0 saturated carbocycles. The Balaban J connectivity index is 3.13. The van der Waals surface area contributed by atoms with E-state index >= 15 is 0 Å². The molecule has 0 saturated heterocycles. The third-order valence-corrected chi connectivity index (χ3v) is 3.47. The second-order valence-corrected chi connectivity index (χ2v) is 5.16. The molecule has 0 aliphatic heterocycles. The Morgan fingerprint density at radius 3 is 1.59 bits per heavy atom. The summed E-state index contributed by atoms with van der Waals surface area (Å²) in [5.41, 5.74) is 0. The highest BCUT2D eigenvalue weighted by atomic mass is 16.3. The molecule has 0 aliphatic carbocycles. The molecule has 0 aromatic rings. The summed E-state index contributed by atoms with van der Waals surface area (Å²) >= 11 is 0. The first-order valence-electron chi connectivity index (χ1n) is 7.58. The van der Waals surface area contributed by atoms with Gasteiger partial charge in [-0.3, -0.25) is 0 Å². The van der Waals surface area contributed by atoms with Gasteiger partial charge in [-0.05, 0) is 12.8 Å². The molecular formula is C15H32O2. The number of hydrogen-bond donors (Lipinski definition) is 2. The Hall–Kier alpha value is -0.0800. The summed E-state index contributed by atoms with van der Waals surface area (Å²) in [4.78, 5) is 0. The Kier molecular flexibility index (Phi) is 12.3. The van der Waals surface area contributed by atoms with Gasteiger partial charge in [0, 0.05) is 0 Å². The Labute approximate surface area is 107 Å². The van der Waals surface area contributed by atoms with Crippen molar-refractivity contribution in [2.45, 2.75) is 96.7 Å². The zero-order valence-corrected chi connectivity index (χ0v) is 11.8. The minimum atomic E-state index is -0.524. The van der Waals surface area contributed by atoms with Crippen LogP contribution in [0.5, 0.6) is 0 Å². The van der Waals surface area contributed by atoms with E-state index in [4.69, 9.17) is 0 Å². The SMILES string of the molecule is CCCCCCCCCCCC(O)C(O)CC. The first kappa shape index (κ1) is 16.9. The topological polar surface area (TPSA) is 40.5 Å². The van der Waals surface area contributed by atoms with Crippen molar-refractivity contribution in [2.24, 2.45) is 0 Å². The van der Waals surface area contributed by atoms with Crippen LogP contribution in [0.15, 0.2) is 0 Å². The van der Waals surface area contributed by atoms with Crippen molar-refractivity contribution in [1.29, 1.82) is 0 Å². The first-order chi connectivity index (χ1) is 8.22. The van der Waals surface area contributed by atoms with E-state index in [9.17, 15) is 10.2 Å². The number of hydrogen-bond acceptors (Lipinski definition) is 2. The maximum atomic E-state index is 9.57. The van der Waals surface area contributed by atoms with Gasteiger partial charge < -0.3 is 10.2 Å². The Morgan fingerprint density at radius 1 is 0.647 bits per heavy atom. The first-order valence-corrected chi connectivity index (χ1v) is 7.58. The van der Waals surface area contributed by atoms with Crippen molar-refractivity contribution in [3.05, 3.63) is 0 Å². The van der Waals surface area contributed by atoms with Crippen LogP contribution in [-0.4, -0.2) is 22.4 Å². The molecular weight excluding hydrogens is 212 g/mol. The normalized spacial score (nSPS) is 14.8. The van der Waals surface area contributed by atoms with E-state index in [0.717, 1.165) is 12.8 Å². The van der Waals surface area contributed by atoms with Crippen LogP contribution in [0, 0.1) is 0 Å². The van der Waals surface area contributed by atoms with Gasteiger partial charge in [0.1, 0.15) is 0 Å². The summed E-state index contributed by atoms with van der Waals surface area (Å²) in [6, 6.07) is 0. The molecule has 0 radical (unpaired) electrons. The lowest BCUT2D eigenvalue weighted by molar-refractivity contribution is 0.0114. The molecule has 0 aromatic carbocycles. The van der Waals surface area contributed by atoms with Crippen LogP contribution in [-0.2, 0) is 0 Å². The van der Waals surface area contributed by atoms with Gasteiger partial charge in [-0.25, -0.2) is 0 Å². The van der Waals surface area contributed by atoms with Gasteiger partial charge in [0.25, 0.3) is 0 Å². The molecule has 0 fully saturated rings. The maximum Gasteiger partial charge on any atom is 0.0799 e. The molecule has 0 aromatic heterocycles. The summed E-state index contributed by atoms with van der Waals surface area (Å²) in [6.07, 6.45) is 12.0. The molecule has 2 nitrogen and oxygen atoms in total. The van der Waals surface area contributed by atoms with E-state index in [1.165, 1.54) is 51.4 Å². The molecule has 2 N–H and O–H groups in total. The molecule has 0 bridgehead atoms. The fourth-order valence-corrected chi connectivity index (χ4v) is 2.13. The Bertz CT molecular complexity index is 148. The van der Waals surface area contributed by atoms with E-state index in [2.05, 4.69) is 6.92 Å². The fourth-order valence-electron chi connectivity index (χ4n) is 2.13. The highest BCUT2D eigenvalue weighted by Crippen LogP contribution is 2.13. The zero-order chi connectivity index (χ0) is 12.9. The average molecular weight is 244 g/mol. The lowest BCUT2D eigenvalue weighted by Crippen LogP contribution is -2.24. The number of rotatable bonds is 12. The predicted molar refractivity (Wildman–Crippen MR) is 74.1 cm³/mol. The van der Waals surface area contributed by atoms with E-state index in [-0.39, 0.29) is 0 Å². The zero-order valence-electron chi connectivity index (χ0n) is 11.8. The van der Waals surface area contributed by atoms with E-state index in [1.807, 2.05) is 6.92 Å². The predicted octanol–water partition coefficient (Wildman–Crippen LogP) is 4.04. The monoisotopic (exact) mass is 244 g/mol. The second kappa shape index (κ2) is 12.4. The molecule has 2 atom stereocenters. The van der Waals surface area contributed by atoms with Crippen molar-refractivity contribution < 1.29 is 10.2 Å². The number of aliphatic hydroxyl groups excluding tert-OH is 2. The van der Waals surface area contributed by atoms with Crippen LogP contribution in [0.2, 0.25) is 0 Å². The van der Waals surface area contributed by atoms with Crippen LogP contribution in [0.3, 0.4) is 0 Å². The summed E-state index contributed by atoms with van der Waals surface area (Å²) in [5, 5.41) is 19.0. The molecule has 0 amide bonds. The summed E-state index contributed by atoms with van der Waals surface area (Å²) in [5.74, 6) is 0. The molecule has 104 valence electrons. The van der Waals surface area contributed by atoms with Crippen molar-refractivity contribution in [3.8, 4) is 0 Å². The summed E-state index contributed by atoms with van der Waals surface area (Å²) < 4.78 is 0. The lowest BCUT2D eigenvalue weighted by Gasteiger charge is -2.15. The molecule has 0 aliphatic rings. The van der Waals surface area contributed by atoms with Gasteiger partial charge in [0.2, 0.25) is 0 Å². The second-order valence-electron chi connectivity index (χ2n) is 5.16. The average Bonchev–Trinajstić information content (AvgIpc) is 2.35. The standard InChI is InChI=1S/C15H32O2/c1-3-5-6-7-8-9-10-11-12-13-15(17)14(16)4-2/h14-17H,3-13H2,1-2H3. The molecule has 2 unspecified atom stereocenters. The van der Waals surface area contributed by atoms with Crippen molar-refractivity contribution in [2.75, 3.05) is 0 Å². The molecule has 0 heterocycles. The lowest BCUT2D eigenvalue weighted by atomic mass is 10.0.